The van der Waals surface area contributed by atoms with Gasteiger partial charge in [0.2, 0.25) is 10.0 Å². The molecule has 0 spiro atoms. The van der Waals surface area contributed by atoms with Crippen molar-refractivity contribution in [3.8, 4) is 0 Å². The summed E-state index contributed by atoms with van der Waals surface area (Å²) in [6.45, 7) is 5.39. The fraction of sp³-hybridized carbons (Fsp3) is 0.444. The molecule has 7 nitrogen and oxygen atoms in total. The molecule has 3 rings (SSSR count). The van der Waals surface area contributed by atoms with Crippen LogP contribution in [0.1, 0.15) is 25.1 Å². The predicted octanol–water partition coefficient (Wildman–Crippen LogP) is 3.94. The molecule has 0 saturated carbocycles. The van der Waals surface area contributed by atoms with Crippen molar-refractivity contribution in [1.82, 2.24) is 4.31 Å². The third kappa shape index (κ3) is 4.48. The van der Waals surface area contributed by atoms with E-state index < -0.39 is 14.9 Å². The van der Waals surface area contributed by atoms with Crippen molar-refractivity contribution in [2.75, 3.05) is 18.4 Å². The Morgan fingerprint density at radius 3 is 2.56 bits per heavy atom. The Bertz CT molecular complexity index is 903. The van der Waals surface area contributed by atoms with Crippen LogP contribution in [0.25, 0.3) is 0 Å². The Morgan fingerprint density at radius 1 is 1.26 bits per heavy atom. The molecular formula is C18H23N3O4S2. The third-order valence-electron chi connectivity index (χ3n) is 4.67. The topological polar surface area (TPSA) is 92.6 Å². The van der Waals surface area contributed by atoms with E-state index in [0.717, 1.165) is 17.4 Å². The molecule has 1 aliphatic rings. The van der Waals surface area contributed by atoms with Gasteiger partial charge in [-0.2, -0.15) is 4.31 Å². The van der Waals surface area contributed by atoms with Gasteiger partial charge < -0.3 is 5.32 Å². The molecule has 1 saturated heterocycles. The van der Waals surface area contributed by atoms with Crippen LogP contribution in [0.3, 0.4) is 0 Å². The van der Waals surface area contributed by atoms with E-state index in [2.05, 4.69) is 5.32 Å². The predicted molar refractivity (Wildman–Crippen MR) is 106 cm³/mol. The first-order valence-electron chi connectivity index (χ1n) is 8.82. The van der Waals surface area contributed by atoms with Gasteiger partial charge in [0.25, 0.3) is 5.69 Å². The number of sulfonamides is 1. The first-order chi connectivity index (χ1) is 12.8. The second-order valence-corrected chi connectivity index (χ2v) is 10.1. The molecule has 1 aliphatic heterocycles. The highest BCUT2D eigenvalue weighted by atomic mass is 32.2. The summed E-state index contributed by atoms with van der Waals surface area (Å²) < 4.78 is 27.4. The maximum absolute atomic E-state index is 13.0. The highest BCUT2D eigenvalue weighted by molar-refractivity contribution is 7.89. The van der Waals surface area contributed by atoms with Crippen LogP contribution >= 0.6 is 11.3 Å². The zero-order valence-electron chi connectivity index (χ0n) is 15.3. The van der Waals surface area contributed by atoms with Crippen molar-refractivity contribution in [3.05, 3.63) is 50.7 Å². The maximum Gasteiger partial charge on any atom is 0.293 e. The van der Waals surface area contributed by atoms with Gasteiger partial charge in [-0.05, 0) is 41.8 Å². The number of nitrogens with one attached hydrogen (secondary N) is 1. The number of hydrogen-bond donors (Lipinski definition) is 1. The Morgan fingerprint density at radius 2 is 1.96 bits per heavy atom. The van der Waals surface area contributed by atoms with Gasteiger partial charge in [0.15, 0.2) is 0 Å². The van der Waals surface area contributed by atoms with Crippen LogP contribution in [0.15, 0.2) is 40.6 Å². The molecule has 1 aromatic heterocycles. The van der Waals surface area contributed by atoms with Gasteiger partial charge in [0, 0.05) is 30.6 Å². The SMILES string of the molecule is C[C@@H]1C[C@H](C)CN(S(=O)(=O)c2ccc(NCc3cccs3)c([N+](=O)[O-])c2)C1. The average Bonchev–Trinajstić information content (AvgIpc) is 3.12. The van der Waals surface area contributed by atoms with E-state index in [-0.39, 0.29) is 22.4 Å². The zero-order valence-corrected chi connectivity index (χ0v) is 16.9. The highest BCUT2D eigenvalue weighted by Crippen LogP contribution is 2.32. The summed E-state index contributed by atoms with van der Waals surface area (Å²) in [5.74, 6) is 0.537. The summed E-state index contributed by atoms with van der Waals surface area (Å²) in [7, 11) is -3.76. The molecular weight excluding hydrogens is 386 g/mol. The molecule has 0 unspecified atom stereocenters. The fourth-order valence-corrected chi connectivity index (χ4v) is 5.86. The largest absolute Gasteiger partial charge is 0.375 e. The lowest BCUT2D eigenvalue weighted by atomic mass is 9.94. The number of rotatable bonds is 6. The van der Waals surface area contributed by atoms with Crippen molar-refractivity contribution in [1.29, 1.82) is 0 Å². The number of thiophene rings is 1. The van der Waals surface area contributed by atoms with E-state index in [4.69, 9.17) is 0 Å². The molecule has 9 heteroatoms. The molecule has 2 aromatic rings. The summed E-state index contributed by atoms with van der Waals surface area (Å²) in [4.78, 5) is 12.0. The minimum absolute atomic E-state index is 0.0304. The van der Waals surface area contributed by atoms with Crippen LogP contribution in [0, 0.1) is 22.0 Å². The number of hydrogen-bond acceptors (Lipinski definition) is 6. The van der Waals surface area contributed by atoms with Crippen LogP contribution in [-0.4, -0.2) is 30.7 Å². The van der Waals surface area contributed by atoms with Crippen LogP contribution < -0.4 is 5.32 Å². The number of nitro groups is 1. The minimum Gasteiger partial charge on any atom is -0.375 e. The van der Waals surface area contributed by atoms with Gasteiger partial charge in [-0.15, -0.1) is 11.3 Å². The van der Waals surface area contributed by atoms with Gasteiger partial charge in [-0.3, -0.25) is 10.1 Å². The molecule has 2 atom stereocenters. The van der Waals surface area contributed by atoms with Crippen LogP contribution in [-0.2, 0) is 16.6 Å². The fourth-order valence-electron chi connectivity index (χ4n) is 3.52. The molecule has 1 N–H and O–H groups in total. The molecule has 0 aliphatic carbocycles. The smallest absolute Gasteiger partial charge is 0.293 e. The Hall–Kier alpha value is -1.97. The molecule has 27 heavy (non-hydrogen) atoms. The quantitative estimate of drug-likeness (QED) is 0.576. The lowest BCUT2D eigenvalue weighted by Crippen LogP contribution is -2.42. The van der Waals surface area contributed by atoms with Crippen molar-refractivity contribution in [3.63, 3.8) is 0 Å². The monoisotopic (exact) mass is 409 g/mol. The van der Waals surface area contributed by atoms with Crippen LogP contribution in [0.4, 0.5) is 11.4 Å². The Labute approximate surface area is 163 Å². The van der Waals surface area contributed by atoms with Crippen LogP contribution in [0.5, 0.6) is 0 Å². The maximum atomic E-state index is 13.0. The van der Waals surface area contributed by atoms with Gasteiger partial charge in [-0.25, -0.2) is 8.42 Å². The van der Waals surface area contributed by atoms with Gasteiger partial charge in [0.05, 0.1) is 9.82 Å². The molecule has 1 fully saturated rings. The number of anilines is 1. The van der Waals surface area contributed by atoms with E-state index >= 15 is 0 Å². The molecule has 0 radical (unpaired) electrons. The van der Waals surface area contributed by atoms with E-state index in [9.17, 15) is 18.5 Å². The third-order valence-corrected chi connectivity index (χ3v) is 7.38. The van der Waals surface area contributed by atoms with Crippen molar-refractivity contribution >= 4 is 32.7 Å². The van der Waals surface area contributed by atoms with Crippen molar-refractivity contribution in [2.24, 2.45) is 11.8 Å². The number of nitrogens with zero attached hydrogens (tertiary/aromatic N) is 2. The Kier molecular flexibility index (Phi) is 5.83. The summed E-state index contributed by atoms with van der Waals surface area (Å²) >= 11 is 1.55. The highest BCUT2D eigenvalue weighted by Gasteiger charge is 2.33. The first kappa shape index (κ1) is 19.8. The molecule has 1 aromatic carbocycles. The summed E-state index contributed by atoms with van der Waals surface area (Å²) in [5.41, 5.74) is 0.0819. The van der Waals surface area contributed by atoms with Gasteiger partial charge in [0.1, 0.15) is 5.69 Å². The second kappa shape index (κ2) is 7.95. The summed E-state index contributed by atoms with van der Waals surface area (Å²) in [6.07, 6.45) is 0.984. The number of nitro benzene ring substituents is 1. The minimum atomic E-state index is -3.76. The van der Waals surface area contributed by atoms with E-state index in [0.29, 0.717) is 25.3 Å². The number of benzene rings is 1. The number of piperidine rings is 1. The van der Waals surface area contributed by atoms with Gasteiger partial charge >= 0.3 is 0 Å². The Balaban J connectivity index is 1.87. The van der Waals surface area contributed by atoms with E-state index in [1.54, 1.807) is 11.3 Å². The van der Waals surface area contributed by atoms with E-state index in [1.165, 1.54) is 16.4 Å². The standard InChI is InChI=1S/C18H23N3O4S2/c1-13-8-14(2)12-20(11-13)27(24,25)16-5-6-17(18(9-16)21(22)23)19-10-15-4-3-7-26-15/h3-7,9,13-14,19H,8,10-12H2,1-2H3/t13-,14+. The van der Waals surface area contributed by atoms with E-state index in [1.807, 2.05) is 31.4 Å². The molecule has 2 heterocycles. The zero-order chi connectivity index (χ0) is 19.6. The lowest BCUT2D eigenvalue weighted by Gasteiger charge is -2.34. The lowest BCUT2D eigenvalue weighted by molar-refractivity contribution is -0.384. The average molecular weight is 410 g/mol. The summed E-state index contributed by atoms with van der Waals surface area (Å²) in [5, 5.41) is 16.5. The summed E-state index contributed by atoms with van der Waals surface area (Å²) in [6, 6.07) is 7.93. The van der Waals surface area contributed by atoms with Crippen LogP contribution in [0.2, 0.25) is 0 Å². The van der Waals surface area contributed by atoms with Crippen molar-refractivity contribution < 1.29 is 13.3 Å². The van der Waals surface area contributed by atoms with Gasteiger partial charge in [-0.1, -0.05) is 19.9 Å². The molecule has 146 valence electrons. The van der Waals surface area contributed by atoms with Crippen molar-refractivity contribution in [2.45, 2.75) is 31.7 Å². The second-order valence-electron chi connectivity index (χ2n) is 7.14. The molecule has 0 amide bonds. The first-order valence-corrected chi connectivity index (χ1v) is 11.1. The molecule has 0 bridgehead atoms. The normalized spacial score (nSPS) is 21.1.